The molecular weight excluding hydrogens is 316 g/mol. The molecule has 0 saturated heterocycles. The van der Waals surface area contributed by atoms with Crippen molar-refractivity contribution in [3.05, 3.63) is 65.2 Å². The van der Waals surface area contributed by atoms with E-state index in [1.165, 1.54) is 46.8 Å². The van der Waals surface area contributed by atoms with E-state index < -0.39 is 0 Å². The predicted octanol–water partition coefficient (Wildman–Crippen LogP) is 6.07. The summed E-state index contributed by atoms with van der Waals surface area (Å²) in [5.74, 6) is 1.21. The molecule has 0 radical (unpaired) electrons. The maximum Gasteiger partial charge on any atom is 0.305 e. The van der Waals surface area contributed by atoms with Crippen molar-refractivity contribution in [3.63, 3.8) is 0 Å². The Morgan fingerprint density at radius 3 is 2.46 bits per heavy atom. The lowest BCUT2D eigenvalue weighted by atomic mass is 9.85. The van der Waals surface area contributed by atoms with Gasteiger partial charge >= 0.3 is 5.84 Å². The third-order valence-corrected chi connectivity index (χ3v) is 5.33. The average molecular weight is 348 g/mol. The number of hydrogen-bond donors (Lipinski definition) is 0. The van der Waals surface area contributed by atoms with Gasteiger partial charge in [0.1, 0.15) is 5.69 Å². The van der Waals surface area contributed by atoms with Crippen LogP contribution in [0.3, 0.4) is 0 Å². The van der Waals surface area contributed by atoms with Gasteiger partial charge in [-0.3, -0.25) is 0 Å². The number of nitrogens with zero attached hydrogens (tertiary/aromatic N) is 2. The summed E-state index contributed by atoms with van der Waals surface area (Å²) in [7, 11) is 0. The van der Waals surface area contributed by atoms with E-state index in [2.05, 4.69) is 87.7 Å². The van der Waals surface area contributed by atoms with Crippen LogP contribution in [0.15, 0.2) is 53.5 Å². The Hall–Kier alpha value is -2.22. The van der Waals surface area contributed by atoms with Gasteiger partial charge < -0.3 is 0 Å². The number of unbranched alkanes of at least 4 members (excludes halogenated alkanes) is 1. The fourth-order valence-corrected chi connectivity index (χ4v) is 3.69. The van der Waals surface area contributed by atoms with Crippen LogP contribution in [0.4, 0.5) is 5.69 Å². The molecule has 3 rings (SSSR count). The largest absolute Gasteiger partial charge is 0.305 e. The van der Waals surface area contributed by atoms with Crippen molar-refractivity contribution in [2.45, 2.75) is 53.9 Å². The Morgan fingerprint density at radius 1 is 1.04 bits per heavy atom. The van der Waals surface area contributed by atoms with Crippen molar-refractivity contribution in [2.24, 2.45) is 10.4 Å². The van der Waals surface area contributed by atoms with Gasteiger partial charge in [-0.15, -0.1) is 0 Å². The maximum atomic E-state index is 5.17. The second-order valence-electron chi connectivity index (χ2n) is 8.11. The second kappa shape index (κ2) is 7.57. The van der Waals surface area contributed by atoms with Gasteiger partial charge in [0.2, 0.25) is 5.71 Å². The molecule has 0 N–H and O–H groups in total. The molecule has 0 spiro atoms. The molecule has 0 aliphatic carbocycles. The first-order chi connectivity index (χ1) is 12.4. The Bertz CT molecular complexity index is 842. The SMILES string of the molecule is CCCCC(C)(C)C1=[N+](c2cc(C)ccc2C)CC(c2ccccc2)=N1. The minimum atomic E-state index is 0.0583. The molecule has 1 aliphatic heterocycles. The highest BCUT2D eigenvalue weighted by atomic mass is 15.2. The van der Waals surface area contributed by atoms with Crippen LogP contribution in [0.5, 0.6) is 0 Å². The molecule has 0 unspecified atom stereocenters. The number of aryl methyl sites for hydroxylation is 2. The second-order valence-corrected chi connectivity index (χ2v) is 8.11. The van der Waals surface area contributed by atoms with Crippen LogP contribution in [0.2, 0.25) is 0 Å². The minimum absolute atomic E-state index is 0.0583. The molecule has 26 heavy (non-hydrogen) atoms. The van der Waals surface area contributed by atoms with Gasteiger partial charge in [0.25, 0.3) is 0 Å². The summed E-state index contributed by atoms with van der Waals surface area (Å²) in [5.41, 5.74) is 6.35. The highest BCUT2D eigenvalue weighted by Gasteiger charge is 2.40. The Labute approximate surface area is 158 Å². The lowest BCUT2D eigenvalue weighted by molar-refractivity contribution is -0.424. The van der Waals surface area contributed by atoms with Crippen LogP contribution >= 0.6 is 0 Å². The van der Waals surface area contributed by atoms with Crippen molar-refractivity contribution < 1.29 is 4.58 Å². The molecule has 2 aromatic rings. The Kier molecular flexibility index (Phi) is 5.41. The summed E-state index contributed by atoms with van der Waals surface area (Å²) < 4.78 is 2.44. The van der Waals surface area contributed by atoms with Crippen LogP contribution in [0, 0.1) is 19.3 Å². The van der Waals surface area contributed by atoms with Gasteiger partial charge in [0, 0.05) is 5.56 Å². The summed E-state index contributed by atoms with van der Waals surface area (Å²) in [4.78, 5) is 5.17. The molecule has 0 saturated carbocycles. The number of amidine groups is 1. The molecule has 2 nitrogen and oxygen atoms in total. The maximum absolute atomic E-state index is 5.17. The minimum Gasteiger partial charge on any atom is -0.219 e. The number of rotatable bonds is 6. The fraction of sp³-hybridized carbons (Fsp3) is 0.417. The van der Waals surface area contributed by atoms with Gasteiger partial charge in [0.15, 0.2) is 6.54 Å². The lowest BCUT2D eigenvalue weighted by Crippen LogP contribution is -2.28. The first-order valence-electron chi connectivity index (χ1n) is 9.77. The van der Waals surface area contributed by atoms with Gasteiger partial charge in [-0.1, -0.05) is 62.2 Å². The highest BCUT2D eigenvalue weighted by molar-refractivity contribution is 6.11. The molecule has 0 bridgehead atoms. The third kappa shape index (κ3) is 3.80. The van der Waals surface area contributed by atoms with E-state index in [-0.39, 0.29) is 5.41 Å². The van der Waals surface area contributed by atoms with E-state index in [0.29, 0.717) is 0 Å². The molecule has 2 aromatic carbocycles. The van der Waals surface area contributed by atoms with E-state index in [9.17, 15) is 0 Å². The monoisotopic (exact) mass is 347 g/mol. The summed E-state index contributed by atoms with van der Waals surface area (Å²) in [6.45, 7) is 12.2. The zero-order valence-electron chi connectivity index (χ0n) is 16.8. The number of aliphatic imine (C=N–C) groups is 1. The molecular formula is C24H31N2+. The zero-order chi connectivity index (χ0) is 18.7. The highest BCUT2D eigenvalue weighted by Crippen LogP contribution is 2.32. The fourth-order valence-electron chi connectivity index (χ4n) is 3.69. The van der Waals surface area contributed by atoms with Crippen LogP contribution in [0.1, 0.15) is 56.7 Å². The molecule has 2 heteroatoms. The van der Waals surface area contributed by atoms with Crippen LogP contribution < -0.4 is 0 Å². The summed E-state index contributed by atoms with van der Waals surface area (Å²) in [6.07, 6.45) is 3.61. The van der Waals surface area contributed by atoms with E-state index in [1.54, 1.807) is 0 Å². The van der Waals surface area contributed by atoms with Crippen LogP contribution in [-0.4, -0.2) is 22.7 Å². The quantitative estimate of drug-likeness (QED) is 0.564. The number of benzene rings is 2. The van der Waals surface area contributed by atoms with Gasteiger partial charge in [-0.2, -0.15) is 0 Å². The summed E-state index contributed by atoms with van der Waals surface area (Å²) in [5, 5.41) is 0. The third-order valence-electron chi connectivity index (χ3n) is 5.33. The lowest BCUT2D eigenvalue weighted by Gasteiger charge is -2.20. The average Bonchev–Trinajstić information content (AvgIpc) is 3.09. The van der Waals surface area contributed by atoms with E-state index in [4.69, 9.17) is 4.99 Å². The van der Waals surface area contributed by atoms with E-state index in [0.717, 1.165) is 13.0 Å². The van der Waals surface area contributed by atoms with Crippen molar-refractivity contribution in [1.82, 2.24) is 0 Å². The first-order valence-corrected chi connectivity index (χ1v) is 9.77. The van der Waals surface area contributed by atoms with Crippen molar-refractivity contribution >= 4 is 17.2 Å². The molecule has 0 atom stereocenters. The van der Waals surface area contributed by atoms with Crippen molar-refractivity contribution in [2.75, 3.05) is 6.54 Å². The molecule has 0 amide bonds. The first kappa shape index (κ1) is 18.6. The molecule has 1 aliphatic rings. The van der Waals surface area contributed by atoms with Crippen molar-refractivity contribution in [1.29, 1.82) is 0 Å². The van der Waals surface area contributed by atoms with Crippen LogP contribution in [-0.2, 0) is 0 Å². The molecule has 0 fully saturated rings. The van der Waals surface area contributed by atoms with E-state index in [1.807, 2.05) is 0 Å². The summed E-state index contributed by atoms with van der Waals surface area (Å²) >= 11 is 0. The predicted molar refractivity (Wildman–Crippen MR) is 112 cm³/mol. The molecule has 136 valence electrons. The van der Waals surface area contributed by atoms with Gasteiger partial charge in [-0.25, -0.2) is 4.58 Å². The Balaban J connectivity index is 2.09. The standard InChI is InChI=1S/C24H31N2/c1-6-7-15-24(4,5)23-25-21(20-11-9-8-10-12-20)17-26(23)22-16-18(2)13-14-19(22)3/h8-14,16H,6-7,15,17H2,1-5H3/q+1. The van der Waals surface area contributed by atoms with Gasteiger partial charge in [-0.05, 0) is 56.3 Å². The summed E-state index contributed by atoms with van der Waals surface area (Å²) in [6, 6.07) is 17.3. The topological polar surface area (TPSA) is 15.4 Å². The Morgan fingerprint density at radius 2 is 1.77 bits per heavy atom. The number of hydrogen-bond acceptors (Lipinski definition) is 1. The molecule has 0 aromatic heterocycles. The smallest absolute Gasteiger partial charge is 0.219 e. The van der Waals surface area contributed by atoms with Crippen LogP contribution in [0.25, 0.3) is 0 Å². The zero-order valence-corrected chi connectivity index (χ0v) is 16.8. The normalized spacial score (nSPS) is 14.7. The van der Waals surface area contributed by atoms with Gasteiger partial charge in [0.05, 0.1) is 5.41 Å². The van der Waals surface area contributed by atoms with Crippen molar-refractivity contribution in [3.8, 4) is 0 Å². The molecule has 1 heterocycles. The van der Waals surface area contributed by atoms with E-state index >= 15 is 0 Å².